The molecule has 0 atom stereocenters. The summed E-state index contributed by atoms with van der Waals surface area (Å²) in [6.07, 6.45) is 5.95. The molecule has 4 rings (SSSR count). The molecule has 0 aliphatic carbocycles. The number of aromatic nitrogens is 2. The molecule has 3 aromatic rings. The van der Waals surface area contributed by atoms with E-state index in [2.05, 4.69) is 16.4 Å². The van der Waals surface area contributed by atoms with Crippen LogP contribution < -0.4 is 5.32 Å². The van der Waals surface area contributed by atoms with Crippen molar-refractivity contribution in [3.63, 3.8) is 0 Å². The van der Waals surface area contributed by atoms with Gasteiger partial charge in [-0.3, -0.25) is 14.0 Å². The van der Waals surface area contributed by atoms with E-state index in [9.17, 15) is 14.9 Å². The van der Waals surface area contributed by atoms with E-state index < -0.39 is 5.91 Å². The molecular formula is C22H21N5O2. The number of hydrogen-bond acceptors (Lipinski definition) is 4. The number of hydrogen-bond donors (Lipinski definition) is 1. The van der Waals surface area contributed by atoms with E-state index >= 15 is 0 Å². The zero-order chi connectivity index (χ0) is 20.2. The molecule has 1 aromatic carbocycles. The first-order valence-electron chi connectivity index (χ1n) is 9.76. The normalized spacial score (nSPS) is 14.2. The average molecular weight is 387 g/mol. The second-order valence-corrected chi connectivity index (χ2v) is 7.06. The molecule has 7 nitrogen and oxygen atoms in total. The number of amides is 2. The quantitative estimate of drug-likeness (QED) is 0.745. The largest absolute Gasteiger partial charge is 0.336 e. The van der Waals surface area contributed by atoms with Gasteiger partial charge < -0.3 is 10.2 Å². The van der Waals surface area contributed by atoms with Gasteiger partial charge in [-0.2, -0.15) is 5.26 Å². The van der Waals surface area contributed by atoms with Crippen LogP contribution >= 0.6 is 0 Å². The molecule has 1 aliphatic heterocycles. The Morgan fingerprint density at radius 1 is 1.00 bits per heavy atom. The van der Waals surface area contributed by atoms with Crippen LogP contribution in [0.4, 0.5) is 5.69 Å². The number of nitrogens with one attached hydrogen (secondary N) is 1. The van der Waals surface area contributed by atoms with Crippen molar-refractivity contribution in [1.82, 2.24) is 14.3 Å². The number of anilines is 1. The Morgan fingerprint density at radius 3 is 2.48 bits per heavy atom. The summed E-state index contributed by atoms with van der Waals surface area (Å²) in [6.45, 7) is 1.41. The van der Waals surface area contributed by atoms with E-state index in [1.54, 1.807) is 53.1 Å². The Bertz CT molecular complexity index is 1100. The van der Waals surface area contributed by atoms with Crippen LogP contribution in [0.3, 0.4) is 0 Å². The highest BCUT2D eigenvalue weighted by Gasteiger charge is 2.26. The van der Waals surface area contributed by atoms with Gasteiger partial charge in [-0.15, -0.1) is 0 Å². The predicted octanol–water partition coefficient (Wildman–Crippen LogP) is 3.47. The maximum atomic E-state index is 13.1. The number of pyridine rings is 1. The number of likely N-dealkylation sites (tertiary alicyclic amines) is 1. The minimum absolute atomic E-state index is 0.162. The van der Waals surface area contributed by atoms with Crippen molar-refractivity contribution in [2.75, 3.05) is 18.4 Å². The summed E-state index contributed by atoms with van der Waals surface area (Å²) in [7, 11) is 0. The Labute approximate surface area is 168 Å². The zero-order valence-electron chi connectivity index (χ0n) is 16.0. The summed E-state index contributed by atoms with van der Waals surface area (Å²) in [5.74, 6) is -0.378. The summed E-state index contributed by atoms with van der Waals surface area (Å²) < 4.78 is 1.67. The number of carbonyl (C=O) groups excluding carboxylic acids is 2. The molecule has 1 N–H and O–H groups in total. The first-order valence-corrected chi connectivity index (χ1v) is 9.76. The van der Waals surface area contributed by atoms with E-state index in [4.69, 9.17) is 0 Å². The molecule has 7 heteroatoms. The van der Waals surface area contributed by atoms with Crippen molar-refractivity contribution in [3.8, 4) is 6.07 Å². The smallest absolute Gasteiger partial charge is 0.290 e. The van der Waals surface area contributed by atoms with Gasteiger partial charge in [0.2, 0.25) is 5.82 Å². The highest BCUT2D eigenvalue weighted by atomic mass is 16.2. The predicted molar refractivity (Wildman–Crippen MR) is 109 cm³/mol. The van der Waals surface area contributed by atoms with Crippen LogP contribution in [0, 0.1) is 11.3 Å². The lowest BCUT2D eigenvalue weighted by Crippen LogP contribution is -2.33. The van der Waals surface area contributed by atoms with Gasteiger partial charge in [-0.1, -0.05) is 31.0 Å². The van der Waals surface area contributed by atoms with Gasteiger partial charge in [0, 0.05) is 19.3 Å². The molecular weight excluding hydrogens is 366 g/mol. The Kier molecular flexibility index (Phi) is 5.25. The van der Waals surface area contributed by atoms with E-state index in [1.165, 1.54) is 0 Å². The molecule has 3 heterocycles. The molecule has 0 unspecified atom stereocenters. The van der Waals surface area contributed by atoms with E-state index in [0.29, 0.717) is 29.9 Å². The first-order chi connectivity index (χ1) is 14.2. The molecule has 0 spiro atoms. The Hall–Kier alpha value is -3.66. The summed E-state index contributed by atoms with van der Waals surface area (Å²) in [4.78, 5) is 32.3. The second kappa shape index (κ2) is 8.15. The minimum Gasteiger partial charge on any atom is -0.336 e. The Balaban J connectivity index is 1.69. The number of benzene rings is 1. The van der Waals surface area contributed by atoms with Gasteiger partial charge in [0.05, 0.1) is 16.8 Å². The lowest BCUT2D eigenvalue weighted by atomic mass is 10.2. The van der Waals surface area contributed by atoms with E-state index in [-0.39, 0.29) is 17.4 Å². The van der Waals surface area contributed by atoms with Crippen molar-refractivity contribution in [2.45, 2.75) is 25.7 Å². The SMILES string of the molecule is N#Cc1ccccc1NC(=O)c1nc(C(=O)N2CCCCCC2)n2ccccc12. The summed E-state index contributed by atoms with van der Waals surface area (Å²) in [6, 6.07) is 14.2. The fourth-order valence-corrected chi connectivity index (χ4v) is 3.64. The van der Waals surface area contributed by atoms with Crippen LogP contribution in [0.2, 0.25) is 0 Å². The standard InChI is InChI=1S/C22H21N5O2/c23-15-16-9-3-4-10-17(16)24-21(28)19-18-11-5-8-14-27(18)20(25-19)22(29)26-12-6-1-2-7-13-26/h3-5,8-11,14H,1-2,6-7,12-13H2,(H,24,28). The van der Waals surface area contributed by atoms with Crippen molar-refractivity contribution >= 4 is 23.0 Å². The molecule has 1 saturated heterocycles. The van der Waals surface area contributed by atoms with Gasteiger partial charge in [0.25, 0.3) is 11.8 Å². The van der Waals surface area contributed by atoms with Crippen LogP contribution in [0.25, 0.3) is 5.52 Å². The molecule has 0 radical (unpaired) electrons. The van der Waals surface area contributed by atoms with Crippen LogP contribution in [-0.2, 0) is 0 Å². The molecule has 146 valence electrons. The first kappa shape index (κ1) is 18.7. The maximum Gasteiger partial charge on any atom is 0.290 e. The average Bonchev–Trinajstić information content (AvgIpc) is 2.93. The van der Waals surface area contributed by atoms with Crippen molar-refractivity contribution in [1.29, 1.82) is 5.26 Å². The van der Waals surface area contributed by atoms with E-state index in [0.717, 1.165) is 25.7 Å². The lowest BCUT2D eigenvalue weighted by Gasteiger charge is -2.19. The number of carbonyl (C=O) groups is 2. The Morgan fingerprint density at radius 2 is 1.72 bits per heavy atom. The van der Waals surface area contributed by atoms with Crippen LogP contribution in [0.5, 0.6) is 0 Å². The zero-order valence-corrected chi connectivity index (χ0v) is 16.0. The van der Waals surface area contributed by atoms with Gasteiger partial charge in [-0.25, -0.2) is 4.98 Å². The number of rotatable bonds is 3. The molecule has 2 amide bonds. The highest BCUT2D eigenvalue weighted by Crippen LogP contribution is 2.20. The second-order valence-electron chi connectivity index (χ2n) is 7.06. The summed E-state index contributed by atoms with van der Waals surface area (Å²) in [5, 5.41) is 12.0. The number of para-hydroxylation sites is 1. The van der Waals surface area contributed by atoms with Crippen molar-refractivity contribution < 1.29 is 9.59 Å². The third-order valence-electron chi connectivity index (χ3n) is 5.14. The number of nitrogens with zero attached hydrogens (tertiary/aromatic N) is 4. The molecule has 1 aliphatic rings. The number of imidazole rings is 1. The van der Waals surface area contributed by atoms with Crippen LogP contribution in [-0.4, -0.2) is 39.2 Å². The number of fused-ring (bicyclic) bond motifs is 1. The molecule has 1 fully saturated rings. The molecule has 0 bridgehead atoms. The fraction of sp³-hybridized carbons (Fsp3) is 0.273. The lowest BCUT2D eigenvalue weighted by molar-refractivity contribution is 0.0748. The molecule has 0 saturated carbocycles. The third-order valence-corrected chi connectivity index (χ3v) is 5.14. The van der Waals surface area contributed by atoms with Crippen molar-refractivity contribution in [2.24, 2.45) is 0 Å². The summed E-state index contributed by atoms with van der Waals surface area (Å²) in [5.41, 5.74) is 1.50. The topological polar surface area (TPSA) is 90.5 Å². The van der Waals surface area contributed by atoms with Crippen LogP contribution in [0.1, 0.15) is 52.4 Å². The van der Waals surface area contributed by atoms with E-state index in [1.807, 2.05) is 4.90 Å². The van der Waals surface area contributed by atoms with Gasteiger partial charge in [0.15, 0.2) is 5.69 Å². The minimum atomic E-state index is -0.452. The fourth-order valence-electron chi connectivity index (χ4n) is 3.64. The maximum absolute atomic E-state index is 13.1. The van der Waals surface area contributed by atoms with Crippen molar-refractivity contribution in [3.05, 3.63) is 65.7 Å². The monoisotopic (exact) mass is 387 g/mol. The number of nitriles is 1. The molecule has 2 aromatic heterocycles. The third kappa shape index (κ3) is 3.69. The summed E-state index contributed by atoms with van der Waals surface area (Å²) >= 11 is 0. The highest BCUT2D eigenvalue weighted by molar-refractivity contribution is 6.09. The van der Waals surface area contributed by atoms with Gasteiger partial charge >= 0.3 is 0 Å². The molecule has 29 heavy (non-hydrogen) atoms. The van der Waals surface area contributed by atoms with Gasteiger partial charge in [-0.05, 0) is 37.1 Å². The van der Waals surface area contributed by atoms with Crippen LogP contribution in [0.15, 0.2) is 48.7 Å². The van der Waals surface area contributed by atoms with Gasteiger partial charge in [0.1, 0.15) is 6.07 Å².